The summed E-state index contributed by atoms with van der Waals surface area (Å²) in [5.41, 5.74) is 3.82. The van der Waals surface area contributed by atoms with Gasteiger partial charge in [-0.05, 0) is 56.7 Å². The third-order valence-corrected chi connectivity index (χ3v) is 5.04. The first kappa shape index (κ1) is 20.4. The van der Waals surface area contributed by atoms with Crippen LogP contribution in [0.5, 0.6) is 0 Å². The molecule has 0 radical (unpaired) electrons. The van der Waals surface area contributed by atoms with Gasteiger partial charge in [0, 0.05) is 25.0 Å². The highest BCUT2D eigenvalue weighted by atomic mass is 16.5. The summed E-state index contributed by atoms with van der Waals surface area (Å²) >= 11 is 0. The van der Waals surface area contributed by atoms with Crippen LogP contribution in [0.15, 0.2) is 52.7 Å². The van der Waals surface area contributed by atoms with Crippen molar-refractivity contribution in [3.8, 4) is 11.5 Å². The normalized spacial score (nSPS) is 13.8. The molecule has 1 aliphatic rings. The lowest BCUT2D eigenvalue weighted by molar-refractivity contribution is -0.132. The van der Waals surface area contributed by atoms with Gasteiger partial charge in [-0.15, -0.1) is 15.0 Å². The number of hydrogen-bond donors (Lipinski definition) is 0. The Morgan fingerprint density at radius 2 is 2.00 bits per heavy atom. The zero-order chi connectivity index (χ0) is 22.0. The van der Waals surface area contributed by atoms with Crippen LogP contribution in [-0.4, -0.2) is 57.4 Å². The van der Waals surface area contributed by atoms with Crippen LogP contribution in [0.4, 0.5) is 11.4 Å². The van der Waals surface area contributed by atoms with Gasteiger partial charge in [0.2, 0.25) is 17.4 Å². The maximum Gasteiger partial charge on any atom is 0.361 e. The highest BCUT2D eigenvalue weighted by Gasteiger charge is 2.33. The number of fused-ring (bicyclic) bond motifs is 1. The Hall–Kier alpha value is -3.88. The van der Waals surface area contributed by atoms with E-state index in [0.29, 0.717) is 23.1 Å². The van der Waals surface area contributed by atoms with Gasteiger partial charge in [0.25, 0.3) is 0 Å². The second-order valence-electron chi connectivity index (χ2n) is 6.91. The number of methoxy groups -OCH3 is 1. The molecule has 0 atom stereocenters. The topological polar surface area (TPSA) is 97.9 Å². The van der Waals surface area contributed by atoms with Crippen molar-refractivity contribution in [2.75, 3.05) is 25.1 Å². The predicted octanol–water partition coefficient (Wildman–Crippen LogP) is 3.01. The number of esters is 1. The predicted molar refractivity (Wildman–Crippen MR) is 119 cm³/mol. The maximum atomic E-state index is 12.3. The molecule has 9 heteroatoms. The van der Waals surface area contributed by atoms with Crippen LogP contribution >= 0.6 is 0 Å². The van der Waals surface area contributed by atoms with Crippen molar-refractivity contribution in [1.29, 1.82) is 0 Å². The molecule has 0 unspecified atom stereocenters. The molecule has 3 heterocycles. The van der Waals surface area contributed by atoms with Crippen LogP contribution in [0.3, 0.4) is 0 Å². The molecule has 2 aromatic heterocycles. The van der Waals surface area contributed by atoms with Crippen molar-refractivity contribution in [3.63, 3.8) is 0 Å². The highest BCUT2D eigenvalue weighted by molar-refractivity contribution is 6.69. The SMILES string of the molecule is CCN(CC)c1ccc(/N=C2/C(C(=O)OC)=Nn3nc(-c4ccccn4)nc32)c(C)c1. The number of aryl methyl sites for hydroxylation is 1. The van der Waals surface area contributed by atoms with E-state index in [1.54, 1.807) is 6.20 Å². The van der Waals surface area contributed by atoms with Gasteiger partial charge < -0.3 is 9.64 Å². The van der Waals surface area contributed by atoms with Crippen molar-refractivity contribution >= 4 is 28.8 Å². The third kappa shape index (κ3) is 3.81. The molecule has 0 spiro atoms. The lowest BCUT2D eigenvalue weighted by Crippen LogP contribution is -2.23. The summed E-state index contributed by atoms with van der Waals surface area (Å²) < 4.78 is 4.89. The molecule has 9 nitrogen and oxygen atoms in total. The Bertz CT molecular complexity index is 1180. The molecule has 0 saturated carbocycles. The average Bonchev–Trinajstić information content (AvgIpc) is 3.35. The molecular formula is C22H23N7O2. The van der Waals surface area contributed by atoms with Crippen LogP contribution in [0.2, 0.25) is 0 Å². The van der Waals surface area contributed by atoms with E-state index in [9.17, 15) is 4.79 Å². The number of benzene rings is 1. The Morgan fingerprint density at radius 1 is 1.19 bits per heavy atom. The molecule has 1 aliphatic heterocycles. The summed E-state index contributed by atoms with van der Waals surface area (Å²) in [6, 6.07) is 11.5. The van der Waals surface area contributed by atoms with Gasteiger partial charge in [-0.1, -0.05) is 6.07 Å². The first-order valence-electron chi connectivity index (χ1n) is 10.1. The van der Waals surface area contributed by atoms with E-state index in [4.69, 9.17) is 9.73 Å². The third-order valence-electron chi connectivity index (χ3n) is 5.04. The lowest BCUT2D eigenvalue weighted by Gasteiger charge is -2.21. The molecule has 0 N–H and O–H groups in total. The van der Waals surface area contributed by atoms with Gasteiger partial charge in [0.15, 0.2) is 0 Å². The Balaban J connectivity index is 1.78. The second-order valence-corrected chi connectivity index (χ2v) is 6.91. The van der Waals surface area contributed by atoms with E-state index < -0.39 is 5.97 Å². The van der Waals surface area contributed by atoms with Crippen LogP contribution in [0.1, 0.15) is 25.2 Å². The van der Waals surface area contributed by atoms with Crippen LogP contribution in [0.25, 0.3) is 11.5 Å². The molecule has 0 aliphatic carbocycles. The number of carbonyl (C=O) groups is 1. The van der Waals surface area contributed by atoms with Crippen LogP contribution < -0.4 is 4.90 Å². The number of carbonyl (C=O) groups excluding carboxylic acids is 1. The van der Waals surface area contributed by atoms with E-state index in [-0.39, 0.29) is 5.71 Å². The number of hydrogen-bond acceptors (Lipinski definition) is 8. The molecule has 0 amide bonds. The van der Waals surface area contributed by atoms with Gasteiger partial charge >= 0.3 is 5.97 Å². The largest absolute Gasteiger partial charge is 0.464 e. The maximum absolute atomic E-state index is 12.3. The summed E-state index contributed by atoms with van der Waals surface area (Å²) in [5.74, 6) is 0.181. The molecule has 31 heavy (non-hydrogen) atoms. The molecule has 0 fully saturated rings. The van der Waals surface area contributed by atoms with Gasteiger partial charge in [-0.3, -0.25) is 4.98 Å². The van der Waals surface area contributed by atoms with Crippen molar-refractivity contribution in [3.05, 3.63) is 54.0 Å². The van der Waals surface area contributed by atoms with Crippen molar-refractivity contribution in [1.82, 2.24) is 19.9 Å². The monoisotopic (exact) mass is 417 g/mol. The minimum atomic E-state index is -0.595. The van der Waals surface area contributed by atoms with Gasteiger partial charge in [0.1, 0.15) is 11.4 Å². The minimum absolute atomic E-state index is 0.0669. The number of nitrogens with zero attached hydrogens (tertiary/aromatic N) is 7. The van der Waals surface area contributed by atoms with Gasteiger partial charge in [-0.25, -0.2) is 14.8 Å². The van der Waals surface area contributed by atoms with E-state index in [2.05, 4.69) is 45.0 Å². The van der Waals surface area contributed by atoms with E-state index >= 15 is 0 Å². The fourth-order valence-electron chi connectivity index (χ4n) is 3.38. The molecule has 4 rings (SSSR count). The highest BCUT2D eigenvalue weighted by Crippen LogP contribution is 2.27. The molecule has 3 aromatic rings. The van der Waals surface area contributed by atoms with Crippen molar-refractivity contribution < 1.29 is 9.53 Å². The smallest absolute Gasteiger partial charge is 0.361 e. The Kier molecular flexibility index (Phi) is 5.57. The number of pyridine rings is 1. The quantitative estimate of drug-likeness (QED) is 0.572. The molecule has 1 aromatic carbocycles. The van der Waals surface area contributed by atoms with E-state index in [1.165, 1.54) is 11.9 Å². The van der Waals surface area contributed by atoms with E-state index in [1.807, 2.05) is 37.3 Å². The van der Waals surface area contributed by atoms with Crippen molar-refractivity contribution in [2.24, 2.45) is 10.1 Å². The summed E-state index contributed by atoms with van der Waals surface area (Å²) in [6.07, 6.45) is 1.67. The summed E-state index contributed by atoms with van der Waals surface area (Å²) in [6.45, 7) is 8.07. The van der Waals surface area contributed by atoms with E-state index in [0.717, 1.165) is 30.0 Å². The zero-order valence-corrected chi connectivity index (χ0v) is 17.9. The summed E-state index contributed by atoms with van der Waals surface area (Å²) in [7, 11) is 1.31. The lowest BCUT2D eigenvalue weighted by atomic mass is 10.1. The standard InChI is InChI=1S/C22H23N7O2/c1-5-28(6-2)15-10-11-16(14(3)13-15)24-18-19(22(30)31-4)26-29-21(18)25-20(27-29)17-9-7-8-12-23-17/h7-13H,5-6H2,1-4H3/b24-18-. The number of anilines is 1. The Morgan fingerprint density at radius 3 is 2.65 bits per heavy atom. The molecular weight excluding hydrogens is 394 g/mol. The first-order chi connectivity index (χ1) is 15.0. The van der Waals surface area contributed by atoms with Gasteiger partial charge in [0.05, 0.1) is 12.8 Å². The number of ether oxygens (including phenoxy) is 1. The minimum Gasteiger partial charge on any atom is -0.464 e. The number of aliphatic imine (C=N–C) groups is 1. The first-order valence-corrected chi connectivity index (χ1v) is 10.1. The second kappa shape index (κ2) is 8.47. The zero-order valence-electron chi connectivity index (χ0n) is 17.9. The molecule has 158 valence electrons. The van der Waals surface area contributed by atoms with Crippen molar-refractivity contribution in [2.45, 2.75) is 20.8 Å². The van der Waals surface area contributed by atoms with Crippen LogP contribution in [-0.2, 0) is 9.53 Å². The average molecular weight is 417 g/mol. The number of aromatic nitrogens is 4. The summed E-state index contributed by atoms with van der Waals surface area (Å²) in [4.78, 5) is 29.4. The van der Waals surface area contributed by atoms with Crippen LogP contribution in [0, 0.1) is 6.92 Å². The molecule has 0 saturated heterocycles. The Labute approximate surface area is 180 Å². The fraction of sp³-hybridized carbons (Fsp3) is 0.273. The fourth-order valence-corrected chi connectivity index (χ4v) is 3.38. The molecule has 0 bridgehead atoms. The van der Waals surface area contributed by atoms with Gasteiger partial charge in [-0.2, -0.15) is 0 Å². The number of rotatable bonds is 6. The summed E-state index contributed by atoms with van der Waals surface area (Å²) in [5, 5.41) is 8.63.